The number of aliphatic imine (C=N–C) groups is 1. The van der Waals surface area contributed by atoms with Crippen LogP contribution in [0.5, 0.6) is 0 Å². The normalized spacial score (nSPS) is 14.2. The molecule has 13 heavy (non-hydrogen) atoms. The van der Waals surface area contributed by atoms with Gasteiger partial charge in [0.25, 0.3) is 0 Å². The van der Waals surface area contributed by atoms with E-state index in [2.05, 4.69) is 37.7 Å². The SMILES string of the molecule is C=C/C(C)=N/C(=C\NC)C(C)(C)C. The fourth-order valence-corrected chi connectivity index (χ4v) is 0.789. The molecule has 0 aromatic rings. The molecule has 0 saturated heterocycles. The van der Waals surface area contributed by atoms with E-state index in [1.54, 1.807) is 6.08 Å². The topological polar surface area (TPSA) is 24.4 Å². The Morgan fingerprint density at radius 1 is 1.38 bits per heavy atom. The maximum atomic E-state index is 4.45. The summed E-state index contributed by atoms with van der Waals surface area (Å²) in [6.07, 6.45) is 3.68. The van der Waals surface area contributed by atoms with Gasteiger partial charge < -0.3 is 5.32 Å². The van der Waals surface area contributed by atoms with E-state index in [0.717, 1.165) is 11.4 Å². The van der Waals surface area contributed by atoms with E-state index in [0.29, 0.717) is 0 Å². The number of hydrogen-bond donors (Lipinski definition) is 1. The van der Waals surface area contributed by atoms with Crippen molar-refractivity contribution >= 4 is 5.71 Å². The van der Waals surface area contributed by atoms with Gasteiger partial charge in [-0.15, -0.1) is 0 Å². The van der Waals surface area contributed by atoms with Gasteiger partial charge >= 0.3 is 0 Å². The standard InChI is InChI=1S/C11H20N2/c1-7-9(2)13-10(8-12-6)11(3,4)5/h7-8,12H,1H2,2-6H3/b10-8-,13-9+. The molecule has 0 spiro atoms. The first kappa shape index (κ1) is 11.9. The summed E-state index contributed by atoms with van der Waals surface area (Å²) in [6, 6.07) is 0. The predicted octanol–water partition coefficient (Wildman–Crippen LogP) is 2.74. The summed E-state index contributed by atoms with van der Waals surface area (Å²) in [5, 5.41) is 3.00. The van der Waals surface area contributed by atoms with Crippen LogP contribution in [0.4, 0.5) is 0 Å². The van der Waals surface area contributed by atoms with E-state index in [-0.39, 0.29) is 5.41 Å². The summed E-state index contributed by atoms with van der Waals surface area (Å²) in [5.41, 5.74) is 2.04. The molecule has 0 aromatic heterocycles. The summed E-state index contributed by atoms with van der Waals surface area (Å²) >= 11 is 0. The van der Waals surface area contributed by atoms with Crippen LogP contribution in [0.1, 0.15) is 27.7 Å². The zero-order chi connectivity index (χ0) is 10.5. The zero-order valence-corrected chi connectivity index (χ0v) is 9.31. The third-order valence-corrected chi connectivity index (χ3v) is 1.64. The van der Waals surface area contributed by atoms with Crippen molar-refractivity contribution < 1.29 is 0 Å². The highest BCUT2D eigenvalue weighted by Crippen LogP contribution is 2.25. The van der Waals surface area contributed by atoms with Gasteiger partial charge in [-0.2, -0.15) is 0 Å². The molecule has 0 aromatic carbocycles. The molecule has 0 bridgehead atoms. The van der Waals surface area contributed by atoms with Crippen LogP contribution in [0.25, 0.3) is 0 Å². The lowest BCUT2D eigenvalue weighted by molar-refractivity contribution is 0.495. The van der Waals surface area contributed by atoms with E-state index < -0.39 is 0 Å². The highest BCUT2D eigenvalue weighted by atomic mass is 14.9. The largest absolute Gasteiger partial charge is 0.392 e. The molecule has 0 aliphatic carbocycles. The van der Waals surface area contributed by atoms with Crippen LogP contribution < -0.4 is 5.32 Å². The monoisotopic (exact) mass is 180 g/mol. The van der Waals surface area contributed by atoms with Gasteiger partial charge in [-0.05, 0) is 13.0 Å². The molecule has 0 unspecified atom stereocenters. The lowest BCUT2D eigenvalue weighted by Gasteiger charge is -2.19. The van der Waals surface area contributed by atoms with Crippen LogP contribution in [-0.4, -0.2) is 12.8 Å². The van der Waals surface area contributed by atoms with E-state index in [4.69, 9.17) is 0 Å². The summed E-state index contributed by atoms with van der Waals surface area (Å²) < 4.78 is 0. The molecule has 74 valence electrons. The Morgan fingerprint density at radius 3 is 2.23 bits per heavy atom. The van der Waals surface area contributed by atoms with Crippen LogP contribution >= 0.6 is 0 Å². The molecular weight excluding hydrogens is 160 g/mol. The van der Waals surface area contributed by atoms with Crippen LogP contribution in [0, 0.1) is 5.41 Å². The Bertz CT molecular complexity index is 229. The third kappa shape index (κ3) is 4.51. The summed E-state index contributed by atoms with van der Waals surface area (Å²) in [6.45, 7) is 12.0. The average Bonchev–Trinajstić information content (AvgIpc) is 2.01. The highest BCUT2D eigenvalue weighted by molar-refractivity contribution is 5.93. The molecule has 0 radical (unpaired) electrons. The first-order chi connectivity index (χ1) is 5.91. The summed E-state index contributed by atoms with van der Waals surface area (Å²) in [5.74, 6) is 0. The fraction of sp³-hybridized carbons (Fsp3) is 0.545. The predicted molar refractivity (Wildman–Crippen MR) is 59.9 cm³/mol. The first-order valence-electron chi connectivity index (χ1n) is 4.47. The van der Waals surface area contributed by atoms with Crippen molar-refractivity contribution in [3.8, 4) is 0 Å². The number of nitrogens with zero attached hydrogens (tertiary/aromatic N) is 1. The van der Waals surface area contributed by atoms with Crippen LogP contribution in [0.3, 0.4) is 0 Å². The highest BCUT2D eigenvalue weighted by Gasteiger charge is 2.15. The van der Waals surface area contributed by atoms with Crippen molar-refractivity contribution in [2.45, 2.75) is 27.7 Å². The Kier molecular flexibility index (Phi) is 4.46. The smallest absolute Gasteiger partial charge is 0.0616 e. The van der Waals surface area contributed by atoms with Crippen molar-refractivity contribution in [3.63, 3.8) is 0 Å². The zero-order valence-electron chi connectivity index (χ0n) is 9.31. The van der Waals surface area contributed by atoms with E-state index in [1.807, 2.05) is 20.2 Å². The molecule has 0 aliphatic rings. The number of nitrogens with one attached hydrogen (secondary N) is 1. The number of rotatable bonds is 3. The van der Waals surface area contributed by atoms with Gasteiger partial charge in [0, 0.05) is 24.4 Å². The summed E-state index contributed by atoms with van der Waals surface area (Å²) in [4.78, 5) is 4.45. The Hall–Kier alpha value is -1.05. The molecule has 2 heteroatoms. The van der Waals surface area contributed by atoms with Gasteiger partial charge in [0.2, 0.25) is 0 Å². The molecule has 0 amide bonds. The minimum absolute atomic E-state index is 0.0628. The molecule has 0 atom stereocenters. The molecule has 1 N–H and O–H groups in total. The van der Waals surface area contributed by atoms with Crippen molar-refractivity contribution in [1.82, 2.24) is 5.32 Å². The van der Waals surface area contributed by atoms with Crippen LogP contribution in [0.15, 0.2) is 29.5 Å². The van der Waals surface area contributed by atoms with Gasteiger partial charge in [0.05, 0.1) is 5.70 Å². The molecule has 2 nitrogen and oxygen atoms in total. The Balaban J connectivity index is 4.85. The lowest BCUT2D eigenvalue weighted by Crippen LogP contribution is -2.12. The maximum absolute atomic E-state index is 4.45. The maximum Gasteiger partial charge on any atom is 0.0616 e. The molecular formula is C11H20N2. The Morgan fingerprint density at radius 2 is 1.92 bits per heavy atom. The van der Waals surface area contributed by atoms with Gasteiger partial charge in [0.1, 0.15) is 0 Å². The van der Waals surface area contributed by atoms with E-state index in [1.165, 1.54) is 0 Å². The molecule has 0 saturated carbocycles. The molecule has 0 aliphatic heterocycles. The van der Waals surface area contributed by atoms with Crippen molar-refractivity contribution in [1.29, 1.82) is 0 Å². The number of allylic oxidation sites excluding steroid dienone is 2. The molecule has 0 heterocycles. The molecule has 0 fully saturated rings. The van der Waals surface area contributed by atoms with E-state index in [9.17, 15) is 0 Å². The summed E-state index contributed by atoms with van der Waals surface area (Å²) in [7, 11) is 1.88. The van der Waals surface area contributed by atoms with Gasteiger partial charge in [-0.25, -0.2) is 0 Å². The van der Waals surface area contributed by atoms with Gasteiger partial charge in [-0.1, -0.05) is 27.4 Å². The average molecular weight is 180 g/mol. The minimum Gasteiger partial charge on any atom is -0.392 e. The van der Waals surface area contributed by atoms with Crippen LogP contribution in [0.2, 0.25) is 0 Å². The Labute approximate surface area is 81.5 Å². The second kappa shape index (κ2) is 4.85. The minimum atomic E-state index is 0.0628. The second-order valence-electron chi connectivity index (χ2n) is 4.03. The van der Waals surface area contributed by atoms with Crippen LogP contribution in [-0.2, 0) is 0 Å². The second-order valence-corrected chi connectivity index (χ2v) is 4.03. The van der Waals surface area contributed by atoms with Crippen molar-refractivity contribution in [3.05, 3.63) is 24.6 Å². The van der Waals surface area contributed by atoms with Gasteiger partial charge in [-0.3, -0.25) is 4.99 Å². The fourth-order valence-electron chi connectivity index (χ4n) is 0.789. The quantitative estimate of drug-likeness (QED) is 0.663. The lowest BCUT2D eigenvalue weighted by atomic mass is 9.92. The van der Waals surface area contributed by atoms with Gasteiger partial charge in [0.15, 0.2) is 0 Å². The molecule has 0 rings (SSSR count). The van der Waals surface area contributed by atoms with Crippen molar-refractivity contribution in [2.24, 2.45) is 10.4 Å². The van der Waals surface area contributed by atoms with E-state index >= 15 is 0 Å². The first-order valence-corrected chi connectivity index (χ1v) is 4.47. The third-order valence-electron chi connectivity index (χ3n) is 1.64. The number of hydrogen-bond acceptors (Lipinski definition) is 2. The van der Waals surface area contributed by atoms with Crippen molar-refractivity contribution in [2.75, 3.05) is 7.05 Å².